The van der Waals surface area contributed by atoms with Crippen molar-refractivity contribution in [2.75, 3.05) is 30.3 Å². The highest BCUT2D eigenvalue weighted by atomic mass is 32.2. The summed E-state index contributed by atoms with van der Waals surface area (Å²) in [5.41, 5.74) is 1.10. The maximum atomic E-state index is 12.9. The number of para-hydroxylation sites is 2. The van der Waals surface area contributed by atoms with Crippen LogP contribution in [0.15, 0.2) is 48.5 Å². The molecule has 6 nitrogen and oxygen atoms in total. The van der Waals surface area contributed by atoms with E-state index in [1.54, 1.807) is 24.3 Å². The zero-order valence-electron chi connectivity index (χ0n) is 15.3. The summed E-state index contributed by atoms with van der Waals surface area (Å²) in [7, 11) is -3.56. The third-order valence-electron chi connectivity index (χ3n) is 3.75. The van der Waals surface area contributed by atoms with E-state index in [0.29, 0.717) is 23.6 Å². The molecule has 0 aliphatic heterocycles. The van der Waals surface area contributed by atoms with Crippen LogP contribution in [0.2, 0.25) is 0 Å². The summed E-state index contributed by atoms with van der Waals surface area (Å²) < 4.78 is 44.0. The second kappa shape index (κ2) is 9.36. The molecule has 0 saturated heterocycles. The Bertz CT molecular complexity index is 870. The molecule has 0 aliphatic rings. The van der Waals surface area contributed by atoms with Gasteiger partial charge in [-0.05, 0) is 36.8 Å². The van der Waals surface area contributed by atoms with Crippen LogP contribution in [0.1, 0.15) is 12.5 Å². The molecule has 0 saturated carbocycles. The third kappa shape index (κ3) is 6.25. The molecule has 2 aromatic carbocycles. The van der Waals surface area contributed by atoms with Crippen LogP contribution in [0.3, 0.4) is 0 Å². The van der Waals surface area contributed by atoms with E-state index >= 15 is 0 Å². The first-order chi connectivity index (χ1) is 12.8. The van der Waals surface area contributed by atoms with E-state index in [1.807, 2.05) is 6.92 Å². The number of hydrogen-bond donors (Lipinski definition) is 1. The molecule has 1 N–H and O–H groups in total. The number of amides is 1. The molecule has 0 fully saturated rings. The lowest BCUT2D eigenvalue weighted by Gasteiger charge is -2.24. The minimum Gasteiger partial charge on any atom is -0.492 e. The van der Waals surface area contributed by atoms with E-state index in [9.17, 15) is 17.6 Å². The fourth-order valence-electron chi connectivity index (χ4n) is 2.55. The highest BCUT2D eigenvalue weighted by Crippen LogP contribution is 2.29. The molecule has 2 aromatic rings. The molecule has 0 radical (unpaired) electrons. The number of benzene rings is 2. The Balaban J connectivity index is 2.01. The zero-order chi connectivity index (χ0) is 19.9. The van der Waals surface area contributed by atoms with Crippen LogP contribution in [0.25, 0.3) is 0 Å². The van der Waals surface area contributed by atoms with Gasteiger partial charge in [-0.1, -0.05) is 24.3 Å². The fraction of sp³-hybridized carbons (Fsp3) is 0.316. The maximum absolute atomic E-state index is 12.9. The lowest BCUT2D eigenvalue weighted by Crippen LogP contribution is -2.38. The summed E-state index contributed by atoms with van der Waals surface area (Å²) in [6.45, 7) is 2.42. The molecule has 8 heteroatoms. The topological polar surface area (TPSA) is 75.7 Å². The highest BCUT2D eigenvalue weighted by molar-refractivity contribution is 7.92. The Hall–Kier alpha value is -2.61. The predicted molar refractivity (Wildman–Crippen MR) is 103 cm³/mol. The number of nitrogens with zero attached hydrogens (tertiary/aromatic N) is 1. The number of carbonyl (C=O) groups is 1. The molecule has 0 unspecified atom stereocenters. The zero-order valence-corrected chi connectivity index (χ0v) is 16.1. The maximum Gasteiger partial charge on any atom is 0.232 e. The van der Waals surface area contributed by atoms with Crippen LogP contribution >= 0.6 is 0 Å². The van der Waals surface area contributed by atoms with Gasteiger partial charge in [-0.15, -0.1) is 0 Å². The summed E-state index contributed by atoms with van der Waals surface area (Å²) >= 11 is 0. The van der Waals surface area contributed by atoms with Crippen molar-refractivity contribution >= 4 is 21.6 Å². The monoisotopic (exact) mass is 394 g/mol. The van der Waals surface area contributed by atoms with Crippen LogP contribution in [0.5, 0.6) is 5.75 Å². The average molecular weight is 394 g/mol. The van der Waals surface area contributed by atoms with Gasteiger partial charge in [0.2, 0.25) is 15.9 Å². The molecular formula is C19H23FN2O4S. The standard InChI is InChI=1S/C19H23FN2O4S/c1-3-26-18-7-5-4-6-17(18)22(27(2,24)25)13-12-21-19(23)14-15-8-10-16(20)11-9-15/h4-11H,3,12-14H2,1-2H3,(H,21,23). The second-order valence-corrected chi connectivity index (χ2v) is 7.80. The number of hydrogen-bond acceptors (Lipinski definition) is 4. The van der Waals surface area contributed by atoms with E-state index in [4.69, 9.17) is 4.74 Å². The molecule has 27 heavy (non-hydrogen) atoms. The smallest absolute Gasteiger partial charge is 0.232 e. The van der Waals surface area contributed by atoms with Gasteiger partial charge < -0.3 is 10.1 Å². The number of halogens is 1. The van der Waals surface area contributed by atoms with Crippen molar-refractivity contribution in [1.82, 2.24) is 5.32 Å². The molecular weight excluding hydrogens is 371 g/mol. The van der Waals surface area contributed by atoms with Gasteiger partial charge in [0, 0.05) is 6.54 Å². The summed E-state index contributed by atoms with van der Waals surface area (Å²) in [5, 5.41) is 2.69. The van der Waals surface area contributed by atoms with Crippen molar-refractivity contribution in [3.8, 4) is 5.75 Å². The molecule has 146 valence electrons. The number of nitrogens with one attached hydrogen (secondary N) is 1. The number of sulfonamides is 1. The van der Waals surface area contributed by atoms with Gasteiger partial charge in [0.1, 0.15) is 11.6 Å². The van der Waals surface area contributed by atoms with Crippen LogP contribution < -0.4 is 14.4 Å². The number of ether oxygens (including phenoxy) is 1. The van der Waals surface area contributed by atoms with Gasteiger partial charge in [0.05, 0.1) is 31.5 Å². The molecule has 0 atom stereocenters. The first-order valence-corrected chi connectivity index (χ1v) is 10.4. The van der Waals surface area contributed by atoms with Crippen molar-refractivity contribution in [1.29, 1.82) is 0 Å². The van der Waals surface area contributed by atoms with Crippen molar-refractivity contribution in [3.63, 3.8) is 0 Å². The third-order valence-corrected chi connectivity index (χ3v) is 4.93. The van der Waals surface area contributed by atoms with E-state index in [1.165, 1.54) is 28.6 Å². The Morgan fingerprint density at radius 1 is 1.15 bits per heavy atom. The van der Waals surface area contributed by atoms with Gasteiger partial charge in [-0.3, -0.25) is 9.10 Å². The van der Waals surface area contributed by atoms with E-state index in [-0.39, 0.29) is 31.2 Å². The minimum atomic E-state index is -3.56. The normalized spacial score (nSPS) is 11.1. The van der Waals surface area contributed by atoms with Crippen LogP contribution in [0, 0.1) is 5.82 Å². The quantitative estimate of drug-likeness (QED) is 0.708. The molecule has 0 spiro atoms. The summed E-state index contributed by atoms with van der Waals surface area (Å²) in [5.74, 6) is -0.174. The largest absolute Gasteiger partial charge is 0.492 e. The predicted octanol–water partition coefficient (Wildman–Crippen LogP) is 2.35. The molecule has 0 heterocycles. The Morgan fingerprint density at radius 3 is 2.44 bits per heavy atom. The fourth-order valence-corrected chi connectivity index (χ4v) is 3.48. The van der Waals surface area contributed by atoms with Gasteiger partial charge in [-0.25, -0.2) is 12.8 Å². The van der Waals surface area contributed by atoms with Crippen molar-refractivity contribution in [2.45, 2.75) is 13.3 Å². The number of anilines is 1. The Labute approximate surface area is 159 Å². The van der Waals surface area contributed by atoms with Gasteiger partial charge in [-0.2, -0.15) is 0 Å². The average Bonchev–Trinajstić information content (AvgIpc) is 2.61. The highest BCUT2D eigenvalue weighted by Gasteiger charge is 2.21. The molecule has 2 rings (SSSR count). The van der Waals surface area contributed by atoms with E-state index in [2.05, 4.69) is 5.32 Å². The van der Waals surface area contributed by atoms with Crippen LogP contribution in [0.4, 0.5) is 10.1 Å². The van der Waals surface area contributed by atoms with Gasteiger partial charge >= 0.3 is 0 Å². The summed E-state index contributed by atoms with van der Waals surface area (Å²) in [6.07, 6.45) is 1.20. The van der Waals surface area contributed by atoms with Crippen molar-refractivity contribution in [2.24, 2.45) is 0 Å². The number of carbonyl (C=O) groups excluding carboxylic acids is 1. The van der Waals surface area contributed by atoms with Gasteiger partial charge in [0.15, 0.2) is 0 Å². The number of rotatable bonds is 9. The molecule has 1 amide bonds. The molecule has 0 bridgehead atoms. The van der Waals surface area contributed by atoms with Crippen molar-refractivity contribution < 1.29 is 22.3 Å². The second-order valence-electron chi connectivity index (χ2n) is 5.89. The SMILES string of the molecule is CCOc1ccccc1N(CCNC(=O)Cc1ccc(F)cc1)S(C)(=O)=O. The first kappa shape index (κ1) is 20.7. The van der Waals surface area contributed by atoms with Gasteiger partial charge in [0.25, 0.3) is 0 Å². The van der Waals surface area contributed by atoms with Crippen molar-refractivity contribution in [3.05, 3.63) is 59.9 Å². The minimum absolute atomic E-state index is 0.0675. The lowest BCUT2D eigenvalue weighted by atomic mass is 10.1. The Kier molecular flexibility index (Phi) is 7.18. The first-order valence-electron chi connectivity index (χ1n) is 8.52. The Morgan fingerprint density at radius 2 is 1.81 bits per heavy atom. The van der Waals surface area contributed by atoms with Crippen LogP contribution in [-0.2, 0) is 21.2 Å². The van der Waals surface area contributed by atoms with E-state index < -0.39 is 10.0 Å². The molecule has 0 aliphatic carbocycles. The summed E-state index contributed by atoms with van der Waals surface area (Å²) in [4.78, 5) is 12.0. The molecule has 0 aromatic heterocycles. The van der Waals surface area contributed by atoms with Crippen LogP contribution in [-0.4, -0.2) is 40.3 Å². The van der Waals surface area contributed by atoms with E-state index in [0.717, 1.165) is 6.26 Å². The summed E-state index contributed by atoms with van der Waals surface area (Å²) in [6, 6.07) is 12.5. The lowest BCUT2D eigenvalue weighted by molar-refractivity contribution is -0.120.